The van der Waals surface area contributed by atoms with Gasteiger partial charge in [0.2, 0.25) is 0 Å². The molecule has 0 atom stereocenters. The Labute approximate surface area is 126 Å². The van der Waals surface area contributed by atoms with Crippen LogP contribution in [0.3, 0.4) is 0 Å². The summed E-state index contributed by atoms with van der Waals surface area (Å²) in [5.41, 5.74) is 1.19. The Bertz CT molecular complexity index is 774. The number of hydrogen-bond donors (Lipinski definition) is 2. The molecule has 0 saturated heterocycles. The maximum absolute atomic E-state index is 12.3. The number of aromatic nitrogens is 1. The number of rotatable bonds is 5. The lowest BCUT2D eigenvalue weighted by Gasteiger charge is -2.13. The third-order valence-electron chi connectivity index (χ3n) is 3.30. The third-order valence-corrected chi connectivity index (χ3v) is 3.30. The summed E-state index contributed by atoms with van der Waals surface area (Å²) in [6.45, 7) is 1.84. The summed E-state index contributed by atoms with van der Waals surface area (Å²) < 4.78 is 1.20. The van der Waals surface area contributed by atoms with Crippen molar-refractivity contribution in [1.82, 2.24) is 4.57 Å². The molecule has 22 heavy (non-hydrogen) atoms. The molecule has 114 valence electrons. The van der Waals surface area contributed by atoms with Crippen molar-refractivity contribution in [2.24, 2.45) is 0 Å². The lowest BCUT2D eigenvalue weighted by atomic mass is 10.1. The Hall–Kier alpha value is -2.89. The number of aromatic carboxylic acids is 1. The molecule has 0 unspecified atom stereocenters. The van der Waals surface area contributed by atoms with E-state index in [2.05, 4.69) is 0 Å². The predicted octanol–water partition coefficient (Wildman–Crippen LogP) is 2.00. The first-order chi connectivity index (χ1) is 10.4. The van der Waals surface area contributed by atoms with Gasteiger partial charge in [0.1, 0.15) is 5.56 Å². The van der Waals surface area contributed by atoms with Gasteiger partial charge in [0.15, 0.2) is 0 Å². The van der Waals surface area contributed by atoms with Crippen molar-refractivity contribution in [2.75, 3.05) is 0 Å². The van der Waals surface area contributed by atoms with Crippen LogP contribution in [0.1, 0.15) is 22.3 Å². The first-order valence-electron chi connectivity index (χ1n) is 6.66. The molecule has 0 spiro atoms. The molecule has 0 amide bonds. The fraction of sp³-hybridized carbons (Fsp3) is 0.188. The van der Waals surface area contributed by atoms with Crippen molar-refractivity contribution in [3.05, 3.63) is 57.9 Å². The van der Waals surface area contributed by atoms with Gasteiger partial charge in [-0.3, -0.25) is 9.59 Å². The van der Waals surface area contributed by atoms with Crippen LogP contribution in [0.5, 0.6) is 0 Å². The van der Waals surface area contributed by atoms with Crippen LogP contribution in [-0.4, -0.2) is 26.7 Å². The average Bonchev–Trinajstić information content (AvgIpc) is 2.46. The van der Waals surface area contributed by atoms with Crippen LogP contribution in [0, 0.1) is 6.92 Å². The quantitative estimate of drug-likeness (QED) is 0.880. The number of benzene rings is 1. The van der Waals surface area contributed by atoms with Crippen molar-refractivity contribution in [3.63, 3.8) is 0 Å². The summed E-state index contributed by atoms with van der Waals surface area (Å²) >= 11 is 0. The topological polar surface area (TPSA) is 96.6 Å². The predicted molar refractivity (Wildman–Crippen MR) is 80.1 cm³/mol. The van der Waals surface area contributed by atoms with E-state index in [9.17, 15) is 14.4 Å². The van der Waals surface area contributed by atoms with E-state index in [0.717, 1.165) is 11.1 Å². The van der Waals surface area contributed by atoms with Crippen molar-refractivity contribution in [2.45, 2.75) is 19.9 Å². The van der Waals surface area contributed by atoms with Gasteiger partial charge < -0.3 is 14.8 Å². The number of aryl methyl sites for hydroxylation is 1. The highest BCUT2D eigenvalue weighted by molar-refractivity contribution is 5.87. The van der Waals surface area contributed by atoms with Crippen LogP contribution in [0.4, 0.5) is 0 Å². The second-order valence-electron chi connectivity index (χ2n) is 4.90. The summed E-state index contributed by atoms with van der Waals surface area (Å²) in [5.74, 6) is -2.38. The zero-order valence-corrected chi connectivity index (χ0v) is 11.9. The molecule has 0 aliphatic carbocycles. The SMILES string of the molecule is Cc1ccc(-c2ccc(C(=O)O)c(=O)n2CCC(=O)O)cc1. The third kappa shape index (κ3) is 3.22. The molecule has 0 aliphatic heterocycles. The zero-order chi connectivity index (χ0) is 16.3. The Morgan fingerprint density at radius 3 is 2.23 bits per heavy atom. The van der Waals surface area contributed by atoms with Crippen molar-refractivity contribution in [1.29, 1.82) is 0 Å². The minimum Gasteiger partial charge on any atom is -0.481 e. The number of carboxylic acid groups (broad SMARTS) is 2. The van der Waals surface area contributed by atoms with Crippen LogP contribution >= 0.6 is 0 Å². The molecule has 0 bridgehead atoms. The van der Waals surface area contributed by atoms with E-state index in [0.29, 0.717) is 5.69 Å². The highest BCUT2D eigenvalue weighted by atomic mass is 16.4. The Morgan fingerprint density at radius 2 is 1.68 bits per heavy atom. The molecule has 0 radical (unpaired) electrons. The second-order valence-corrected chi connectivity index (χ2v) is 4.90. The standard InChI is InChI=1S/C16H15NO5/c1-10-2-4-11(5-3-10)13-7-6-12(16(21)22)15(20)17(13)9-8-14(18)19/h2-7H,8-9H2,1H3,(H,18,19)(H,21,22). The number of pyridine rings is 1. The number of nitrogens with zero attached hydrogens (tertiary/aromatic N) is 1. The molecule has 2 rings (SSSR count). The normalized spacial score (nSPS) is 10.4. The summed E-state index contributed by atoms with van der Waals surface area (Å²) in [6, 6.07) is 10.1. The molecule has 0 aliphatic rings. The minimum absolute atomic E-state index is 0.0848. The lowest BCUT2D eigenvalue weighted by molar-refractivity contribution is -0.137. The molecule has 2 N–H and O–H groups in total. The van der Waals surface area contributed by atoms with Crippen molar-refractivity contribution >= 4 is 11.9 Å². The van der Waals surface area contributed by atoms with E-state index < -0.39 is 17.5 Å². The average molecular weight is 301 g/mol. The van der Waals surface area contributed by atoms with Gasteiger partial charge in [0.25, 0.3) is 5.56 Å². The molecule has 6 nitrogen and oxygen atoms in total. The Kier molecular flexibility index (Phi) is 4.41. The van der Waals surface area contributed by atoms with Gasteiger partial charge in [-0.1, -0.05) is 29.8 Å². The first kappa shape index (κ1) is 15.5. The maximum Gasteiger partial charge on any atom is 0.341 e. The summed E-state index contributed by atoms with van der Waals surface area (Å²) in [5, 5.41) is 17.8. The lowest BCUT2D eigenvalue weighted by Crippen LogP contribution is -2.28. The summed E-state index contributed by atoms with van der Waals surface area (Å²) in [6.07, 6.45) is -0.262. The minimum atomic E-state index is -1.33. The molecule has 6 heteroatoms. The number of hydrogen-bond acceptors (Lipinski definition) is 3. The maximum atomic E-state index is 12.3. The van der Waals surface area contributed by atoms with Crippen LogP contribution < -0.4 is 5.56 Å². The fourth-order valence-electron chi connectivity index (χ4n) is 2.15. The fourth-order valence-corrected chi connectivity index (χ4v) is 2.15. The van der Waals surface area contributed by atoms with E-state index in [1.165, 1.54) is 16.7 Å². The monoisotopic (exact) mass is 301 g/mol. The number of carboxylic acids is 2. The van der Waals surface area contributed by atoms with Gasteiger partial charge >= 0.3 is 11.9 Å². The number of aliphatic carboxylic acids is 1. The Morgan fingerprint density at radius 1 is 1.05 bits per heavy atom. The summed E-state index contributed by atoms with van der Waals surface area (Å²) in [4.78, 5) is 34.1. The van der Waals surface area contributed by atoms with E-state index in [4.69, 9.17) is 10.2 Å². The molecular weight excluding hydrogens is 286 g/mol. The van der Waals surface area contributed by atoms with E-state index in [1.54, 1.807) is 0 Å². The van der Waals surface area contributed by atoms with Crippen LogP contribution in [-0.2, 0) is 11.3 Å². The second kappa shape index (κ2) is 6.26. The molecular formula is C16H15NO5. The van der Waals surface area contributed by atoms with Gasteiger partial charge in [0, 0.05) is 6.54 Å². The molecule has 1 heterocycles. The molecule has 1 aromatic carbocycles. The number of carbonyl (C=O) groups is 2. The first-order valence-corrected chi connectivity index (χ1v) is 6.66. The van der Waals surface area contributed by atoms with Gasteiger partial charge in [-0.05, 0) is 24.6 Å². The zero-order valence-electron chi connectivity index (χ0n) is 11.9. The molecule has 2 aromatic rings. The van der Waals surface area contributed by atoms with Crippen LogP contribution in [0.2, 0.25) is 0 Å². The van der Waals surface area contributed by atoms with Crippen LogP contribution in [0.15, 0.2) is 41.2 Å². The largest absolute Gasteiger partial charge is 0.481 e. The Balaban J connectivity index is 2.59. The van der Waals surface area contributed by atoms with Crippen molar-refractivity contribution < 1.29 is 19.8 Å². The molecule has 0 saturated carbocycles. The summed E-state index contributed by atoms with van der Waals surface area (Å²) in [7, 11) is 0. The smallest absolute Gasteiger partial charge is 0.341 e. The van der Waals surface area contributed by atoms with Gasteiger partial charge in [-0.15, -0.1) is 0 Å². The van der Waals surface area contributed by atoms with Crippen molar-refractivity contribution in [3.8, 4) is 11.3 Å². The van der Waals surface area contributed by atoms with Crippen LogP contribution in [0.25, 0.3) is 11.3 Å². The highest BCUT2D eigenvalue weighted by Gasteiger charge is 2.15. The van der Waals surface area contributed by atoms with E-state index in [1.807, 2.05) is 31.2 Å². The van der Waals surface area contributed by atoms with Gasteiger partial charge in [-0.25, -0.2) is 4.79 Å². The van der Waals surface area contributed by atoms with E-state index in [-0.39, 0.29) is 18.5 Å². The van der Waals surface area contributed by atoms with Gasteiger partial charge in [0.05, 0.1) is 12.1 Å². The van der Waals surface area contributed by atoms with Gasteiger partial charge in [-0.2, -0.15) is 0 Å². The molecule has 0 fully saturated rings. The van der Waals surface area contributed by atoms with E-state index >= 15 is 0 Å². The molecule has 1 aromatic heterocycles. The highest BCUT2D eigenvalue weighted by Crippen LogP contribution is 2.19.